The van der Waals surface area contributed by atoms with Crippen LogP contribution in [0.2, 0.25) is 0 Å². The van der Waals surface area contributed by atoms with E-state index in [1.807, 2.05) is 49.0 Å². The number of halogens is 3. The SMILES string of the molecule is CCN1Cc2cccc(NCC(=O)N(CCN(C)C)Cc3ccccc3C(F)(F)F)c2CC1O. The molecule has 2 aromatic carbocycles. The number of nitrogens with zero attached hydrogens (tertiary/aromatic N) is 3. The fourth-order valence-electron chi connectivity index (χ4n) is 4.18. The van der Waals surface area contributed by atoms with Crippen LogP contribution in [0, 0.1) is 0 Å². The molecule has 2 N–H and O–H groups in total. The number of hydrogen-bond acceptors (Lipinski definition) is 5. The number of hydrogen-bond donors (Lipinski definition) is 2. The Balaban J connectivity index is 1.76. The first-order valence-corrected chi connectivity index (χ1v) is 11.4. The molecule has 2 aromatic rings. The minimum Gasteiger partial charge on any atom is -0.378 e. The highest BCUT2D eigenvalue weighted by Gasteiger charge is 2.33. The highest BCUT2D eigenvalue weighted by Crippen LogP contribution is 2.32. The van der Waals surface area contributed by atoms with Crippen molar-refractivity contribution in [2.24, 2.45) is 0 Å². The Morgan fingerprint density at radius 2 is 1.88 bits per heavy atom. The van der Waals surface area contributed by atoms with Gasteiger partial charge in [-0.05, 0) is 49.5 Å². The number of alkyl halides is 3. The maximum Gasteiger partial charge on any atom is 0.416 e. The summed E-state index contributed by atoms with van der Waals surface area (Å²) in [7, 11) is 3.71. The molecule has 1 heterocycles. The number of anilines is 1. The maximum absolute atomic E-state index is 13.5. The predicted molar refractivity (Wildman–Crippen MR) is 126 cm³/mol. The van der Waals surface area contributed by atoms with Crippen molar-refractivity contribution in [3.05, 3.63) is 64.7 Å². The molecule has 34 heavy (non-hydrogen) atoms. The lowest BCUT2D eigenvalue weighted by molar-refractivity contribution is -0.139. The highest BCUT2D eigenvalue weighted by molar-refractivity contribution is 5.81. The average Bonchev–Trinajstić information content (AvgIpc) is 2.79. The second-order valence-electron chi connectivity index (χ2n) is 8.82. The zero-order valence-corrected chi connectivity index (χ0v) is 19.9. The molecular formula is C25H33F3N4O2. The summed E-state index contributed by atoms with van der Waals surface area (Å²) in [5.41, 5.74) is 2.17. The number of likely N-dealkylation sites (N-methyl/N-ethyl adjacent to an activating group) is 2. The van der Waals surface area contributed by atoms with Crippen LogP contribution >= 0.6 is 0 Å². The monoisotopic (exact) mass is 478 g/mol. The summed E-state index contributed by atoms with van der Waals surface area (Å²) in [6.07, 6.45) is -4.63. The number of aliphatic hydroxyl groups is 1. The number of carbonyl (C=O) groups is 1. The molecule has 1 atom stereocenters. The third kappa shape index (κ3) is 6.49. The van der Waals surface area contributed by atoms with Crippen LogP contribution in [0.4, 0.5) is 18.9 Å². The third-order valence-electron chi connectivity index (χ3n) is 6.14. The van der Waals surface area contributed by atoms with Crippen molar-refractivity contribution < 1.29 is 23.1 Å². The van der Waals surface area contributed by atoms with E-state index in [-0.39, 0.29) is 24.6 Å². The first-order valence-electron chi connectivity index (χ1n) is 11.4. The predicted octanol–water partition coefficient (Wildman–Crippen LogP) is 3.40. The number of fused-ring (bicyclic) bond motifs is 1. The topological polar surface area (TPSA) is 59.1 Å². The molecule has 0 fully saturated rings. The molecule has 9 heteroatoms. The van der Waals surface area contributed by atoms with Gasteiger partial charge in [-0.15, -0.1) is 0 Å². The molecular weight excluding hydrogens is 445 g/mol. The summed E-state index contributed by atoms with van der Waals surface area (Å²) in [5.74, 6) is -0.289. The Labute approximate surface area is 199 Å². The summed E-state index contributed by atoms with van der Waals surface area (Å²) >= 11 is 0. The van der Waals surface area contributed by atoms with E-state index in [0.717, 1.165) is 29.4 Å². The van der Waals surface area contributed by atoms with Gasteiger partial charge in [-0.1, -0.05) is 37.3 Å². The van der Waals surface area contributed by atoms with E-state index >= 15 is 0 Å². The molecule has 0 saturated heterocycles. The normalized spacial score (nSPS) is 16.4. The largest absolute Gasteiger partial charge is 0.416 e. The number of amides is 1. The van der Waals surface area contributed by atoms with Crippen LogP contribution < -0.4 is 5.32 Å². The van der Waals surface area contributed by atoms with Gasteiger partial charge in [-0.25, -0.2) is 0 Å². The fourth-order valence-corrected chi connectivity index (χ4v) is 4.18. The molecule has 0 saturated carbocycles. The van der Waals surface area contributed by atoms with Crippen molar-refractivity contribution in [2.75, 3.05) is 45.6 Å². The van der Waals surface area contributed by atoms with E-state index < -0.39 is 18.0 Å². The van der Waals surface area contributed by atoms with Gasteiger partial charge in [-0.2, -0.15) is 13.2 Å². The van der Waals surface area contributed by atoms with Crippen molar-refractivity contribution >= 4 is 11.6 Å². The molecule has 0 radical (unpaired) electrons. The Kier molecular flexibility index (Phi) is 8.57. The van der Waals surface area contributed by atoms with Crippen LogP contribution in [-0.2, 0) is 30.5 Å². The smallest absolute Gasteiger partial charge is 0.378 e. The average molecular weight is 479 g/mol. The van der Waals surface area contributed by atoms with Crippen LogP contribution in [-0.4, -0.2) is 72.2 Å². The number of benzene rings is 2. The molecule has 6 nitrogen and oxygen atoms in total. The first kappa shape index (κ1) is 26.0. The van der Waals surface area contributed by atoms with Crippen LogP contribution in [0.5, 0.6) is 0 Å². The Hall–Kier alpha value is -2.62. The van der Waals surface area contributed by atoms with Gasteiger partial charge in [0.2, 0.25) is 5.91 Å². The fraction of sp³-hybridized carbons (Fsp3) is 0.480. The maximum atomic E-state index is 13.5. The van der Waals surface area contributed by atoms with Crippen LogP contribution in [0.1, 0.15) is 29.2 Å². The van der Waals surface area contributed by atoms with Crippen LogP contribution in [0.3, 0.4) is 0 Å². The summed E-state index contributed by atoms with van der Waals surface area (Å²) in [4.78, 5) is 18.4. The van der Waals surface area contributed by atoms with E-state index in [4.69, 9.17) is 0 Å². The number of rotatable bonds is 9. The third-order valence-corrected chi connectivity index (χ3v) is 6.14. The van der Waals surface area contributed by atoms with Gasteiger partial charge in [0.15, 0.2) is 0 Å². The lowest BCUT2D eigenvalue weighted by Gasteiger charge is -2.34. The standard InChI is InChI=1S/C25H33F3N4O2/c1-4-31-16-18-9-7-11-22(20(18)14-23(31)33)29-15-24(34)32(13-12-30(2)3)17-19-8-5-6-10-21(19)25(26,27)28/h5-11,23,29,33H,4,12-17H2,1-3H3. The highest BCUT2D eigenvalue weighted by atomic mass is 19.4. The molecule has 0 spiro atoms. The molecule has 186 valence electrons. The molecule has 0 bridgehead atoms. The van der Waals surface area contributed by atoms with Gasteiger partial charge in [0.05, 0.1) is 12.1 Å². The lowest BCUT2D eigenvalue weighted by Crippen LogP contribution is -2.41. The second-order valence-corrected chi connectivity index (χ2v) is 8.82. The summed E-state index contributed by atoms with van der Waals surface area (Å²) < 4.78 is 40.4. The van der Waals surface area contributed by atoms with E-state index in [1.165, 1.54) is 17.0 Å². The van der Waals surface area contributed by atoms with E-state index in [9.17, 15) is 23.1 Å². The second kappa shape index (κ2) is 11.2. The summed E-state index contributed by atoms with van der Waals surface area (Å²) in [6, 6.07) is 11.1. The van der Waals surface area contributed by atoms with E-state index in [1.54, 1.807) is 6.07 Å². The van der Waals surface area contributed by atoms with Gasteiger partial charge < -0.3 is 20.2 Å². The molecule has 1 amide bonds. The van der Waals surface area contributed by atoms with Gasteiger partial charge in [0, 0.05) is 38.3 Å². The molecule has 0 aliphatic carbocycles. The zero-order chi connectivity index (χ0) is 24.9. The van der Waals surface area contributed by atoms with Crippen LogP contribution in [0.15, 0.2) is 42.5 Å². The number of nitrogens with one attached hydrogen (secondary N) is 1. The van der Waals surface area contributed by atoms with E-state index in [0.29, 0.717) is 26.1 Å². The Morgan fingerprint density at radius 3 is 2.56 bits per heavy atom. The van der Waals surface area contributed by atoms with E-state index in [2.05, 4.69) is 5.32 Å². The van der Waals surface area contributed by atoms with Gasteiger partial charge in [0.25, 0.3) is 0 Å². The van der Waals surface area contributed by atoms with Crippen molar-refractivity contribution in [2.45, 2.75) is 38.8 Å². The minimum atomic E-state index is -4.48. The number of aliphatic hydroxyl groups excluding tert-OH is 1. The van der Waals surface area contributed by atoms with Crippen LogP contribution in [0.25, 0.3) is 0 Å². The van der Waals surface area contributed by atoms with Crippen molar-refractivity contribution in [3.63, 3.8) is 0 Å². The van der Waals surface area contributed by atoms with Gasteiger partial charge >= 0.3 is 6.18 Å². The zero-order valence-electron chi connectivity index (χ0n) is 19.9. The molecule has 0 aromatic heterocycles. The lowest BCUT2D eigenvalue weighted by atomic mass is 9.96. The van der Waals surface area contributed by atoms with Crippen molar-refractivity contribution in [1.82, 2.24) is 14.7 Å². The molecule has 1 aliphatic rings. The first-order chi connectivity index (χ1) is 16.1. The minimum absolute atomic E-state index is 0.0499. The molecule has 3 rings (SSSR count). The van der Waals surface area contributed by atoms with Gasteiger partial charge in [0.1, 0.15) is 6.23 Å². The van der Waals surface area contributed by atoms with Gasteiger partial charge in [-0.3, -0.25) is 9.69 Å². The Morgan fingerprint density at radius 1 is 1.15 bits per heavy atom. The summed E-state index contributed by atoms with van der Waals surface area (Å²) in [6.45, 7) is 4.01. The Bertz CT molecular complexity index is 981. The molecule has 1 unspecified atom stereocenters. The molecule has 1 aliphatic heterocycles. The number of carbonyl (C=O) groups excluding carboxylic acids is 1. The van der Waals surface area contributed by atoms with Crippen molar-refractivity contribution in [1.29, 1.82) is 0 Å². The quantitative estimate of drug-likeness (QED) is 0.579. The van der Waals surface area contributed by atoms with Crippen molar-refractivity contribution in [3.8, 4) is 0 Å². The summed E-state index contributed by atoms with van der Waals surface area (Å²) in [5, 5.41) is 13.6.